The summed E-state index contributed by atoms with van der Waals surface area (Å²) in [6.45, 7) is 6.80. The number of carbonyl (C=O) groups is 2. The lowest BCUT2D eigenvalue weighted by Crippen LogP contribution is -2.11. The summed E-state index contributed by atoms with van der Waals surface area (Å²) in [5.74, 6) is -0.899. The third kappa shape index (κ3) is 4.27. The maximum atomic E-state index is 10.7. The van der Waals surface area contributed by atoms with Crippen molar-refractivity contribution in [1.82, 2.24) is 0 Å². The van der Waals surface area contributed by atoms with Crippen LogP contribution in [0.1, 0.15) is 12.8 Å². The van der Waals surface area contributed by atoms with Crippen molar-refractivity contribution in [2.45, 2.75) is 12.8 Å². The minimum atomic E-state index is -1.61. The maximum Gasteiger partial charge on any atom is 0.513 e. The highest BCUT2D eigenvalue weighted by atomic mass is 16.7. The summed E-state index contributed by atoms with van der Waals surface area (Å²) in [4.78, 5) is 20.6. The van der Waals surface area contributed by atoms with Crippen LogP contribution < -0.4 is 0 Å². The van der Waals surface area contributed by atoms with Gasteiger partial charge in [-0.3, -0.25) is 0 Å². The molecule has 0 atom stereocenters. The predicted octanol–water partition coefficient (Wildman–Crippen LogP) is 1.73. The van der Waals surface area contributed by atoms with Crippen LogP contribution in [0.25, 0.3) is 0 Å². The van der Waals surface area contributed by atoms with E-state index in [2.05, 4.69) is 17.9 Å². The zero-order chi connectivity index (χ0) is 9.56. The first-order valence-corrected chi connectivity index (χ1v) is 3.31. The van der Waals surface area contributed by atoms with Gasteiger partial charge in [-0.15, -0.1) is 6.58 Å². The SMILES string of the molecule is C=CCCC(=C)C(=O)OC(=O)O. The van der Waals surface area contributed by atoms with Crippen LogP contribution in [0, 0.1) is 0 Å². The first kappa shape index (κ1) is 10.4. The molecule has 0 bridgehead atoms. The summed E-state index contributed by atoms with van der Waals surface area (Å²) in [7, 11) is 0. The lowest BCUT2D eigenvalue weighted by atomic mass is 10.2. The highest BCUT2D eigenvalue weighted by Crippen LogP contribution is 2.04. The molecule has 0 aromatic rings. The van der Waals surface area contributed by atoms with E-state index in [0.29, 0.717) is 12.8 Å². The normalized spacial score (nSPS) is 8.67. The second-order valence-electron chi connectivity index (χ2n) is 2.09. The van der Waals surface area contributed by atoms with Crippen molar-refractivity contribution in [1.29, 1.82) is 0 Å². The average Bonchev–Trinajstić information content (AvgIpc) is 1.98. The molecule has 0 rings (SSSR count). The van der Waals surface area contributed by atoms with Gasteiger partial charge in [0.15, 0.2) is 0 Å². The van der Waals surface area contributed by atoms with E-state index in [1.807, 2.05) is 0 Å². The van der Waals surface area contributed by atoms with Gasteiger partial charge in [0.25, 0.3) is 0 Å². The number of ether oxygens (including phenoxy) is 1. The molecular formula is C8H10O4. The van der Waals surface area contributed by atoms with Crippen molar-refractivity contribution in [2.24, 2.45) is 0 Å². The molecule has 4 heteroatoms. The molecule has 0 saturated heterocycles. The molecule has 0 saturated carbocycles. The molecule has 1 N–H and O–H groups in total. The topological polar surface area (TPSA) is 63.6 Å². The molecule has 0 aliphatic rings. The van der Waals surface area contributed by atoms with Gasteiger partial charge in [-0.05, 0) is 12.8 Å². The first-order valence-electron chi connectivity index (χ1n) is 3.31. The Hall–Kier alpha value is -1.58. The van der Waals surface area contributed by atoms with E-state index >= 15 is 0 Å². The van der Waals surface area contributed by atoms with Gasteiger partial charge >= 0.3 is 12.1 Å². The fraction of sp³-hybridized carbons (Fsp3) is 0.250. The van der Waals surface area contributed by atoms with Crippen molar-refractivity contribution >= 4 is 12.1 Å². The van der Waals surface area contributed by atoms with Crippen LogP contribution in [-0.2, 0) is 9.53 Å². The zero-order valence-electron chi connectivity index (χ0n) is 6.58. The standard InChI is InChI=1S/C8H10O4/c1-3-4-5-6(2)7(9)12-8(10)11/h3H,1-2,4-5H2,(H,10,11). The van der Waals surface area contributed by atoms with Gasteiger partial charge in [-0.1, -0.05) is 12.7 Å². The molecule has 0 aromatic carbocycles. The van der Waals surface area contributed by atoms with E-state index in [0.717, 1.165) is 0 Å². The molecule has 0 radical (unpaired) electrons. The Labute approximate surface area is 70.1 Å². The third-order valence-electron chi connectivity index (χ3n) is 1.12. The number of carbonyl (C=O) groups excluding carboxylic acids is 1. The van der Waals surface area contributed by atoms with Crippen LogP contribution >= 0.6 is 0 Å². The molecule has 0 heterocycles. The van der Waals surface area contributed by atoms with E-state index in [1.165, 1.54) is 0 Å². The van der Waals surface area contributed by atoms with Crippen LogP contribution in [-0.4, -0.2) is 17.2 Å². The van der Waals surface area contributed by atoms with Crippen LogP contribution in [0.15, 0.2) is 24.8 Å². The van der Waals surface area contributed by atoms with E-state index < -0.39 is 12.1 Å². The first-order chi connectivity index (χ1) is 5.57. The van der Waals surface area contributed by atoms with Crippen LogP contribution in [0.5, 0.6) is 0 Å². The second-order valence-corrected chi connectivity index (χ2v) is 2.09. The quantitative estimate of drug-likeness (QED) is 0.302. The number of hydrogen-bond donors (Lipinski definition) is 1. The van der Waals surface area contributed by atoms with E-state index in [1.54, 1.807) is 6.08 Å². The summed E-state index contributed by atoms with van der Waals surface area (Å²) in [5, 5.41) is 8.05. The Morgan fingerprint density at radius 3 is 2.50 bits per heavy atom. The zero-order valence-corrected chi connectivity index (χ0v) is 6.58. The number of allylic oxidation sites excluding steroid dienone is 1. The molecule has 4 nitrogen and oxygen atoms in total. The Morgan fingerprint density at radius 2 is 2.08 bits per heavy atom. The fourth-order valence-electron chi connectivity index (χ4n) is 0.530. The molecule has 0 unspecified atom stereocenters. The molecular weight excluding hydrogens is 160 g/mol. The molecule has 12 heavy (non-hydrogen) atoms. The fourth-order valence-corrected chi connectivity index (χ4v) is 0.530. The lowest BCUT2D eigenvalue weighted by molar-refractivity contribution is -0.134. The molecule has 66 valence electrons. The number of rotatable bonds is 4. The summed E-state index contributed by atoms with van der Waals surface area (Å²) in [6, 6.07) is 0. The van der Waals surface area contributed by atoms with Crippen molar-refractivity contribution < 1.29 is 19.4 Å². The second kappa shape index (κ2) is 5.12. The van der Waals surface area contributed by atoms with Crippen molar-refractivity contribution in [2.75, 3.05) is 0 Å². The average molecular weight is 170 g/mol. The summed E-state index contributed by atoms with van der Waals surface area (Å²) >= 11 is 0. The van der Waals surface area contributed by atoms with Crippen molar-refractivity contribution in [3.63, 3.8) is 0 Å². The molecule has 0 amide bonds. The Balaban J connectivity index is 3.85. The van der Waals surface area contributed by atoms with Crippen LogP contribution in [0.3, 0.4) is 0 Å². The summed E-state index contributed by atoms with van der Waals surface area (Å²) < 4.78 is 3.85. The minimum Gasteiger partial charge on any atom is -0.449 e. The summed E-state index contributed by atoms with van der Waals surface area (Å²) in [6.07, 6.45) is 0.947. The van der Waals surface area contributed by atoms with Crippen molar-refractivity contribution in [3.8, 4) is 0 Å². The molecule has 0 fully saturated rings. The number of esters is 1. The van der Waals surface area contributed by atoms with Gasteiger partial charge in [0, 0.05) is 5.57 Å². The van der Waals surface area contributed by atoms with Crippen molar-refractivity contribution in [3.05, 3.63) is 24.8 Å². The minimum absolute atomic E-state index is 0.136. The number of carboxylic acid groups (broad SMARTS) is 1. The van der Waals surface area contributed by atoms with Gasteiger partial charge in [-0.2, -0.15) is 0 Å². The number of hydrogen-bond acceptors (Lipinski definition) is 3. The Bertz CT molecular complexity index is 217. The van der Waals surface area contributed by atoms with E-state index in [4.69, 9.17) is 5.11 Å². The van der Waals surface area contributed by atoms with E-state index in [9.17, 15) is 9.59 Å². The molecule has 0 spiro atoms. The van der Waals surface area contributed by atoms with E-state index in [-0.39, 0.29) is 5.57 Å². The molecule has 0 aromatic heterocycles. The molecule has 0 aliphatic carbocycles. The smallest absolute Gasteiger partial charge is 0.449 e. The highest BCUT2D eigenvalue weighted by molar-refractivity contribution is 5.93. The molecule has 0 aliphatic heterocycles. The maximum absolute atomic E-state index is 10.7. The predicted molar refractivity (Wildman–Crippen MR) is 42.7 cm³/mol. The van der Waals surface area contributed by atoms with Crippen LogP contribution in [0.4, 0.5) is 4.79 Å². The van der Waals surface area contributed by atoms with Gasteiger partial charge in [-0.25, -0.2) is 9.59 Å². The highest BCUT2D eigenvalue weighted by Gasteiger charge is 2.11. The Kier molecular flexibility index (Phi) is 4.45. The van der Waals surface area contributed by atoms with Gasteiger partial charge in [0.2, 0.25) is 0 Å². The summed E-state index contributed by atoms with van der Waals surface area (Å²) in [5.41, 5.74) is 0.136. The Morgan fingerprint density at radius 1 is 1.50 bits per heavy atom. The lowest BCUT2D eigenvalue weighted by Gasteiger charge is -1.99. The third-order valence-corrected chi connectivity index (χ3v) is 1.12. The van der Waals surface area contributed by atoms with Gasteiger partial charge in [0.05, 0.1) is 0 Å². The largest absolute Gasteiger partial charge is 0.513 e. The van der Waals surface area contributed by atoms with Gasteiger partial charge in [0.1, 0.15) is 0 Å². The monoisotopic (exact) mass is 170 g/mol. The van der Waals surface area contributed by atoms with Crippen LogP contribution in [0.2, 0.25) is 0 Å². The van der Waals surface area contributed by atoms with Gasteiger partial charge < -0.3 is 9.84 Å².